The van der Waals surface area contributed by atoms with Gasteiger partial charge in [-0.1, -0.05) is 70.2 Å². The zero-order valence-corrected chi connectivity index (χ0v) is 26.5. The van der Waals surface area contributed by atoms with E-state index in [1.165, 1.54) is 38.5 Å². The lowest BCUT2D eigenvalue weighted by Crippen LogP contribution is -2.32. The van der Waals surface area contributed by atoms with E-state index in [0.29, 0.717) is 18.0 Å². The number of hydrogen-bond donors (Lipinski definition) is 0. The summed E-state index contributed by atoms with van der Waals surface area (Å²) in [7, 11) is 0. The quantitative estimate of drug-likeness (QED) is 0.0585. The summed E-state index contributed by atoms with van der Waals surface area (Å²) in [4.78, 5) is 19.8. The van der Waals surface area contributed by atoms with Crippen LogP contribution in [-0.2, 0) is 6.54 Å². The summed E-state index contributed by atoms with van der Waals surface area (Å²) in [5.74, 6) is 1.91. The average molecular weight is 605 g/mol. The second kappa shape index (κ2) is 16.6. The van der Waals surface area contributed by atoms with Crippen molar-refractivity contribution in [1.29, 1.82) is 0 Å². The van der Waals surface area contributed by atoms with Crippen molar-refractivity contribution in [2.75, 3.05) is 19.9 Å². The van der Waals surface area contributed by atoms with Crippen molar-refractivity contribution in [3.8, 4) is 28.4 Å². The molecule has 0 aromatic heterocycles. The molecule has 0 atom stereocenters. The number of carbonyl (C=O) groups is 1. The zero-order chi connectivity index (χ0) is 31.3. The highest BCUT2D eigenvalue weighted by Gasteiger charge is 2.17. The Labute approximate surface area is 267 Å². The molecule has 0 saturated carbocycles. The number of benzene rings is 4. The smallest absolute Gasteiger partial charge is 0.343 e. The minimum Gasteiger partial charge on any atom is -0.494 e. The molecule has 0 unspecified atom stereocenters. The van der Waals surface area contributed by atoms with Gasteiger partial charge in [0.2, 0.25) is 0 Å². The summed E-state index contributed by atoms with van der Waals surface area (Å²) >= 11 is 0. The Morgan fingerprint density at radius 3 is 2.22 bits per heavy atom. The highest BCUT2D eigenvalue weighted by atomic mass is 16.5. The van der Waals surface area contributed by atoms with Crippen LogP contribution in [0.1, 0.15) is 80.3 Å². The van der Waals surface area contributed by atoms with E-state index < -0.39 is 5.97 Å². The molecule has 0 amide bonds. The van der Waals surface area contributed by atoms with Gasteiger partial charge < -0.3 is 14.2 Å². The van der Waals surface area contributed by atoms with Gasteiger partial charge in [0.05, 0.1) is 17.9 Å². The molecule has 6 heteroatoms. The lowest BCUT2D eigenvalue weighted by Gasteiger charge is -2.28. The number of rotatable bonds is 15. The van der Waals surface area contributed by atoms with Crippen LogP contribution < -0.4 is 14.2 Å². The molecule has 0 bridgehead atoms. The molecule has 4 aromatic carbocycles. The fraction of sp³-hybridized carbons (Fsp3) is 0.333. The molecule has 4 aromatic rings. The summed E-state index contributed by atoms with van der Waals surface area (Å²) in [6.07, 6.45) is 10.3. The number of ether oxygens (including phenoxy) is 3. The molecule has 1 aliphatic rings. The predicted octanol–water partition coefficient (Wildman–Crippen LogP) is 9.62. The number of nitrogens with zero attached hydrogens (tertiary/aromatic N) is 2. The van der Waals surface area contributed by atoms with Crippen molar-refractivity contribution in [3.05, 3.63) is 108 Å². The van der Waals surface area contributed by atoms with Gasteiger partial charge in [0.1, 0.15) is 24.0 Å². The molecule has 6 nitrogen and oxygen atoms in total. The first kappa shape index (κ1) is 32.0. The van der Waals surface area contributed by atoms with Gasteiger partial charge in [-0.05, 0) is 96.3 Å². The van der Waals surface area contributed by atoms with Crippen LogP contribution in [0.25, 0.3) is 11.1 Å². The van der Waals surface area contributed by atoms with Crippen molar-refractivity contribution in [2.24, 2.45) is 4.99 Å². The number of carbonyl (C=O) groups excluding carboxylic acids is 1. The Hall–Kier alpha value is -4.42. The SMILES string of the molecule is CCCCCCCOc1ccc(-c2ccc(C(=O)Oc3ccc(C=Nc4ccc5c(c4)CN(CCCC)CO5)cc3)cc2)cc1. The second-order valence-corrected chi connectivity index (χ2v) is 11.6. The maximum absolute atomic E-state index is 12.8. The van der Waals surface area contributed by atoms with Crippen molar-refractivity contribution in [2.45, 2.75) is 65.3 Å². The number of esters is 1. The first-order chi connectivity index (χ1) is 22.1. The van der Waals surface area contributed by atoms with Crippen LogP contribution in [0.2, 0.25) is 0 Å². The minimum absolute atomic E-state index is 0.394. The monoisotopic (exact) mass is 604 g/mol. The Morgan fingerprint density at radius 1 is 0.800 bits per heavy atom. The number of fused-ring (bicyclic) bond motifs is 1. The number of aliphatic imine (C=N–C) groups is 1. The van der Waals surface area contributed by atoms with Crippen molar-refractivity contribution in [1.82, 2.24) is 4.90 Å². The van der Waals surface area contributed by atoms with Crippen LogP contribution in [0, 0.1) is 0 Å². The summed E-state index contributed by atoms with van der Waals surface area (Å²) in [5.41, 5.74) is 5.56. The maximum Gasteiger partial charge on any atom is 0.343 e. The molecule has 0 spiro atoms. The minimum atomic E-state index is -0.394. The molecular weight excluding hydrogens is 560 g/mol. The maximum atomic E-state index is 12.8. The molecule has 1 heterocycles. The lowest BCUT2D eigenvalue weighted by molar-refractivity contribution is 0.0734. The largest absolute Gasteiger partial charge is 0.494 e. The van der Waals surface area contributed by atoms with Crippen LogP contribution >= 0.6 is 0 Å². The van der Waals surface area contributed by atoms with E-state index in [0.717, 1.165) is 65.6 Å². The second-order valence-electron chi connectivity index (χ2n) is 11.6. The molecule has 0 radical (unpaired) electrons. The predicted molar refractivity (Wildman–Crippen MR) is 182 cm³/mol. The molecule has 0 saturated heterocycles. The summed E-state index contributed by atoms with van der Waals surface area (Å²) in [6, 6.07) is 29.0. The van der Waals surface area contributed by atoms with Crippen LogP contribution in [0.3, 0.4) is 0 Å². The summed E-state index contributed by atoms with van der Waals surface area (Å²) < 4.78 is 17.4. The normalized spacial score (nSPS) is 12.9. The number of unbranched alkanes of at least 4 members (excludes halogenated alkanes) is 5. The van der Waals surface area contributed by atoms with Crippen molar-refractivity contribution < 1.29 is 19.0 Å². The van der Waals surface area contributed by atoms with Gasteiger partial charge in [-0.15, -0.1) is 0 Å². The van der Waals surface area contributed by atoms with Gasteiger partial charge in [-0.25, -0.2) is 4.79 Å². The molecule has 1 aliphatic heterocycles. The van der Waals surface area contributed by atoms with Crippen LogP contribution in [0.4, 0.5) is 5.69 Å². The molecule has 5 rings (SSSR count). The molecule has 234 valence electrons. The third-order valence-electron chi connectivity index (χ3n) is 7.95. The van der Waals surface area contributed by atoms with Gasteiger partial charge in [-0.2, -0.15) is 0 Å². The highest BCUT2D eigenvalue weighted by Crippen LogP contribution is 2.29. The van der Waals surface area contributed by atoms with E-state index in [-0.39, 0.29) is 0 Å². The van der Waals surface area contributed by atoms with Gasteiger partial charge >= 0.3 is 5.97 Å². The highest BCUT2D eigenvalue weighted by molar-refractivity contribution is 5.92. The summed E-state index contributed by atoms with van der Waals surface area (Å²) in [6.45, 7) is 7.73. The van der Waals surface area contributed by atoms with Crippen LogP contribution in [0.5, 0.6) is 17.2 Å². The van der Waals surface area contributed by atoms with Gasteiger partial charge in [0, 0.05) is 24.9 Å². The third-order valence-corrected chi connectivity index (χ3v) is 7.95. The van der Waals surface area contributed by atoms with Gasteiger partial charge in [-0.3, -0.25) is 9.89 Å². The van der Waals surface area contributed by atoms with Gasteiger partial charge in [0.25, 0.3) is 0 Å². The summed E-state index contributed by atoms with van der Waals surface area (Å²) in [5, 5.41) is 0. The Morgan fingerprint density at radius 2 is 1.49 bits per heavy atom. The fourth-order valence-corrected chi connectivity index (χ4v) is 5.26. The first-order valence-electron chi connectivity index (χ1n) is 16.3. The first-order valence-corrected chi connectivity index (χ1v) is 16.3. The van der Waals surface area contributed by atoms with Crippen LogP contribution in [0.15, 0.2) is 96.0 Å². The third kappa shape index (κ3) is 9.53. The molecular formula is C39H44N2O4. The van der Waals surface area contributed by atoms with E-state index in [4.69, 9.17) is 14.2 Å². The van der Waals surface area contributed by atoms with E-state index in [1.54, 1.807) is 24.3 Å². The zero-order valence-electron chi connectivity index (χ0n) is 26.5. The fourth-order valence-electron chi connectivity index (χ4n) is 5.26. The molecule has 0 fully saturated rings. The lowest BCUT2D eigenvalue weighted by atomic mass is 10.0. The van der Waals surface area contributed by atoms with E-state index in [1.807, 2.05) is 66.9 Å². The average Bonchev–Trinajstić information content (AvgIpc) is 3.08. The Bertz CT molecular complexity index is 1530. The van der Waals surface area contributed by atoms with Crippen LogP contribution in [-0.4, -0.2) is 37.0 Å². The topological polar surface area (TPSA) is 60.4 Å². The standard InChI is InChI=1S/C39H44N2O4/c1-3-5-7-8-9-25-43-36-21-16-32(17-22-36)31-12-14-33(15-13-31)39(42)45-37-19-10-30(11-20-37)27-40-35-18-23-38-34(26-35)28-41(29-44-38)24-6-4-2/h10-23,26-27H,3-9,24-25,28-29H2,1-2H3. The van der Waals surface area contributed by atoms with E-state index in [9.17, 15) is 4.79 Å². The molecule has 45 heavy (non-hydrogen) atoms. The Kier molecular flexibility index (Phi) is 11.8. The molecule has 0 aliphatic carbocycles. The van der Waals surface area contributed by atoms with Gasteiger partial charge in [0.15, 0.2) is 0 Å². The number of hydrogen-bond acceptors (Lipinski definition) is 6. The van der Waals surface area contributed by atoms with E-state index in [2.05, 4.69) is 29.8 Å². The van der Waals surface area contributed by atoms with Crippen molar-refractivity contribution >= 4 is 17.9 Å². The van der Waals surface area contributed by atoms with Crippen molar-refractivity contribution in [3.63, 3.8) is 0 Å². The Balaban J connectivity index is 1.10. The molecule has 0 N–H and O–H groups in total. The van der Waals surface area contributed by atoms with E-state index >= 15 is 0 Å².